The van der Waals surface area contributed by atoms with Gasteiger partial charge in [0, 0.05) is 17.5 Å². The lowest BCUT2D eigenvalue weighted by atomic mass is 9.98. The maximum absolute atomic E-state index is 13.1. The van der Waals surface area contributed by atoms with Gasteiger partial charge in [0.25, 0.3) is 0 Å². The van der Waals surface area contributed by atoms with Gasteiger partial charge in [-0.15, -0.1) is 0 Å². The van der Waals surface area contributed by atoms with E-state index >= 15 is 0 Å². The molecule has 70 valence electrons. The van der Waals surface area contributed by atoms with Crippen molar-refractivity contribution in [1.29, 1.82) is 0 Å². The molecule has 2 rings (SSSR count). The molecule has 0 radical (unpaired) electrons. The lowest BCUT2D eigenvalue weighted by molar-refractivity contribution is 0.619. The predicted octanol–water partition coefficient (Wildman–Crippen LogP) is 2.38. The monoisotopic (exact) mass is 197 g/mol. The van der Waals surface area contributed by atoms with Gasteiger partial charge in [-0.25, -0.2) is 4.39 Å². The molecule has 2 N–H and O–H groups in total. The summed E-state index contributed by atoms with van der Waals surface area (Å²) in [5.74, 6) is 1.70. The van der Waals surface area contributed by atoms with Gasteiger partial charge in [-0.3, -0.25) is 0 Å². The maximum atomic E-state index is 13.1. The zero-order chi connectivity index (χ0) is 9.42. The van der Waals surface area contributed by atoms with E-state index in [4.69, 9.17) is 5.73 Å². The second kappa shape index (κ2) is 3.31. The number of hydrogen-bond donors (Lipinski definition) is 1. The minimum absolute atomic E-state index is 0.00292. The van der Waals surface area contributed by atoms with Gasteiger partial charge in [-0.05, 0) is 35.7 Å². The Balaban J connectivity index is 2.56. The zero-order valence-electron chi connectivity index (χ0n) is 7.51. The zero-order valence-corrected chi connectivity index (χ0v) is 8.33. The molecule has 1 aromatic carbocycles. The summed E-state index contributed by atoms with van der Waals surface area (Å²) in [6.07, 6.45) is 0. The highest BCUT2D eigenvalue weighted by atomic mass is 32.2. The van der Waals surface area contributed by atoms with Gasteiger partial charge < -0.3 is 5.73 Å². The van der Waals surface area contributed by atoms with Gasteiger partial charge in [0.2, 0.25) is 0 Å². The Labute approximate surface area is 81.5 Å². The molecule has 0 fully saturated rings. The highest BCUT2D eigenvalue weighted by molar-refractivity contribution is 7.98. The first kappa shape index (κ1) is 9.03. The van der Waals surface area contributed by atoms with Crippen molar-refractivity contribution in [2.24, 2.45) is 5.73 Å². The van der Waals surface area contributed by atoms with E-state index in [0.29, 0.717) is 0 Å². The van der Waals surface area contributed by atoms with E-state index in [9.17, 15) is 4.39 Å². The maximum Gasteiger partial charge on any atom is 0.123 e. The van der Waals surface area contributed by atoms with Crippen molar-refractivity contribution in [3.8, 4) is 0 Å². The minimum atomic E-state index is -0.168. The summed E-state index contributed by atoms with van der Waals surface area (Å²) in [6.45, 7) is 1.94. The van der Waals surface area contributed by atoms with Crippen molar-refractivity contribution in [2.45, 2.75) is 18.7 Å². The fourth-order valence-electron chi connectivity index (χ4n) is 1.70. The topological polar surface area (TPSA) is 26.0 Å². The van der Waals surface area contributed by atoms with E-state index in [0.717, 1.165) is 22.6 Å². The van der Waals surface area contributed by atoms with Crippen LogP contribution in [0.3, 0.4) is 0 Å². The first-order valence-electron chi connectivity index (χ1n) is 4.30. The molecule has 1 aliphatic heterocycles. The molecular formula is C10H12FNS. The fourth-order valence-corrected chi connectivity index (χ4v) is 2.85. The predicted molar refractivity (Wildman–Crippen MR) is 54.2 cm³/mol. The van der Waals surface area contributed by atoms with Gasteiger partial charge in [0.05, 0.1) is 0 Å². The van der Waals surface area contributed by atoms with E-state index in [-0.39, 0.29) is 11.9 Å². The van der Waals surface area contributed by atoms with Crippen LogP contribution in [0.1, 0.15) is 22.7 Å². The molecule has 0 saturated carbocycles. The molecule has 1 atom stereocenters. The van der Waals surface area contributed by atoms with Crippen LogP contribution < -0.4 is 5.73 Å². The molecule has 0 bridgehead atoms. The van der Waals surface area contributed by atoms with Crippen LogP contribution in [-0.2, 0) is 5.75 Å². The molecule has 0 spiro atoms. The van der Waals surface area contributed by atoms with E-state index in [1.807, 2.05) is 18.7 Å². The van der Waals surface area contributed by atoms with Crippen LogP contribution in [0.4, 0.5) is 4.39 Å². The SMILES string of the molecule is Cc1cc(F)cc2c1CSC[C@@H]2N. The molecule has 0 aromatic heterocycles. The first-order chi connectivity index (χ1) is 6.18. The lowest BCUT2D eigenvalue weighted by Crippen LogP contribution is -2.19. The van der Waals surface area contributed by atoms with Gasteiger partial charge in [0.1, 0.15) is 5.82 Å². The average Bonchev–Trinajstić information content (AvgIpc) is 2.07. The van der Waals surface area contributed by atoms with Crippen LogP contribution >= 0.6 is 11.8 Å². The van der Waals surface area contributed by atoms with Crippen molar-refractivity contribution < 1.29 is 4.39 Å². The second-order valence-corrected chi connectivity index (χ2v) is 4.44. The standard InChI is InChI=1S/C10H12FNS/c1-6-2-7(11)3-8-9(6)4-13-5-10(8)12/h2-3,10H,4-5,12H2,1H3/t10-/m0/s1. The summed E-state index contributed by atoms with van der Waals surface area (Å²) in [7, 11) is 0. The smallest absolute Gasteiger partial charge is 0.123 e. The summed E-state index contributed by atoms with van der Waals surface area (Å²) in [5.41, 5.74) is 9.15. The highest BCUT2D eigenvalue weighted by Gasteiger charge is 2.19. The Morgan fingerprint density at radius 1 is 1.54 bits per heavy atom. The summed E-state index contributed by atoms with van der Waals surface area (Å²) in [5, 5.41) is 0. The van der Waals surface area contributed by atoms with Crippen LogP contribution in [0.15, 0.2) is 12.1 Å². The molecule has 1 aliphatic rings. The Bertz CT molecular complexity index is 338. The number of hydrogen-bond acceptors (Lipinski definition) is 2. The molecule has 0 unspecified atom stereocenters. The summed E-state index contributed by atoms with van der Waals surface area (Å²) in [6, 6.07) is 3.16. The van der Waals surface area contributed by atoms with Crippen LogP contribution in [-0.4, -0.2) is 5.75 Å². The van der Waals surface area contributed by atoms with Gasteiger partial charge >= 0.3 is 0 Å². The Hall–Kier alpha value is -0.540. The molecule has 1 nitrogen and oxygen atoms in total. The molecular weight excluding hydrogens is 185 g/mol. The number of nitrogens with two attached hydrogens (primary N) is 1. The summed E-state index contributed by atoms with van der Waals surface area (Å²) >= 11 is 1.82. The molecule has 13 heavy (non-hydrogen) atoms. The summed E-state index contributed by atoms with van der Waals surface area (Å²) in [4.78, 5) is 0. The normalized spacial score (nSPS) is 21.3. The van der Waals surface area contributed by atoms with Crippen LogP contribution in [0.5, 0.6) is 0 Å². The lowest BCUT2D eigenvalue weighted by Gasteiger charge is -2.23. The van der Waals surface area contributed by atoms with Crippen LogP contribution in [0.25, 0.3) is 0 Å². The van der Waals surface area contributed by atoms with E-state index < -0.39 is 0 Å². The highest BCUT2D eigenvalue weighted by Crippen LogP contribution is 2.32. The van der Waals surface area contributed by atoms with Crippen molar-refractivity contribution in [3.63, 3.8) is 0 Å². The van der Waals surface area contributed by atoms with E-state index in [1.165, 1.54) is 5.56 Å². The Kier molecular flexibility index (Phi) is 2.30. The van der Waals surface area contributed by atoms with Crippen molar-refractivity contribution in [1.82, 2.24) is 0 Å². The van der Waals surface area contributed by atoms with Crippen LogP contribution in [0.2, 0.25) is 0 Å². The molecule has 1 aromatic rings. The number of fused-ring (bicyclic) bond motifs is 1. The van der Waals surface area contributed by atoms with E-state index in [2.05, 4.69) is 0 Å². The third-order valence-corrected chi connectivity index (χ3v) is 3.50. The van der Waals surface area contributed by atoms with Crippen molar-refractivity contribution in [3.05, 3.63) is 34.6 Å². The fraction of sp³-hybridized carbons (Fsp3) is 0.400. The third kappa shape index (κ3) is 1.58. The Morgan fingerprint density at radius 3 is 3.08 bits per heavy atom. The quantitative estimate of drug-likeness (QED) is 0.691. The van der Waals surface area contributed by atoms with Crippen molar-refractivity contribution >= 4 is 11.8 Å². The number of benzene rings is 1. The average molecular weight is 197 g/mol. The molecule has 1 heterocycles. The number of rotatable bonds is 0. The minimum Gasteiger partial charge on any atom is -0.323 e. The van der Waals surface area contributed by atoms with E-state index in [1.54, 1.807) is 12.1 Å². The Morgan fingerprint density at radius 2 is 2.31 bits per heavy atom. The molecule has 0 aliphatic carbocycles. The molecule has 0 amide bonds. The molecule has 0 saturated heterocycles. The number of thioether (sulfide) groups is 1. The summed E-state index contributed by atoms with van der Waals surface area (Å²) < 4.78 is 13.1. The first-order valence-corrected chi connectivity index (χ1v) is 5.46. The van der Waals surface area contributed by atoms with Gasteiger partial charge in [-0.1, -0.05) is 0 Å². The largest absolute Gasteiger partial charge is 0.323 e. The molecule has 3 heteroatoms. The van der Waals surface area contributed by atoms with Gasteiger partial charge in [-0.2, -0.15) is 11.8 Å². The van der Waals surface area contributed by atoms with Gasteiger partial charge in [0.15, 0.2) is 0 Å². The van der Waals surface area contributed by atoms with Crippen molar-refractivity contribution in [2.75, 3.05) is 5.75 Å². The van der Waals surface area contributed by atoms with Crippen LogP contribution in [0, 0.1) is 12.7 Å². The third-order valence-electron chi connectivity index (χ3n) is 2.42. The number of halogens is 1. The second-order valence-electron chi connectivity index (χ2n) is 3.41. The number of aryl methyl sites for hydroxylation is 1.